The van der Waals surface area contributed by atoms with Gasteiger partial charge in [-0.2, -0.15) is 0 Å². The molecule has 0 saturated heterocycles. The fraction of sp³-hybridized carbons (Fsp3) is 0.118. The Labute approximate surface area is 127 Å². The van der Waals surface area contributed by atoms with Crippen LogP contribution in [0, 0.1) is 0 Å². The first kappa shape index (κ1) is 13.1. The zero-order valence-electron chi connectivity index (χ0n) is 11.2. The van der Waals surface area contributed by atoms with Crippen molar-refractivity contribution < 1.29 is 0 Å². The maximum Gasteiger partial charge on any atom is 0.0722 e. The molecule has 2 nitrogen and oxygen atoms in total. The number of pyridine rings is 1. The molecular formula is C17H15BrN2. The molecule has 1 atom stereocenters. The minimum absolute atomic E-state index is 0.235. The summed E-state index contributed by atoms with van der Waals surface area (Å²) in [6.07, 6.45) is 1.85. The highest BCUT2D eigenvalue weighted by atomic mass is 79.9. The Morgan fingerprint density at radius 1 is 1.05 bits per heavy atom. The lowest BCUT2D eigenvalue weighted by atomic mass is 10.1. The molecule has 0 spiro atoms. The lowest BCUT2D eigenvalue weighted by Crippen LogP contribution is -2.07. The topological polar surface area (TPSA) is 24.9 Å². The van der Waals surface area contributed by atoms with Gasteiger partial charge in [-0.05, 0) is 36.8 Å². The van der Waals surface area contributed by atoms with Crippen molar-refractivity contribution in [2.24, 2.45) is 0 Å². The highest BCUT2D eigenvalue weighted by Gasteiger charge is 2.08. The molecule has 20 heavy (non-hydrogen) atoms. The number of fused-ring (bicyclic) bond motifs is 1. The van der Waals surface area contributed by atoms with Gasteiger partial charge in [-0.15, -0.1) is 0 Å². The van der Waals surface area contributed by atoms with Crippen molar-refractivity contribution in [3.63, 3.8) is 0 Å². The van der Waals surface area contributed by atoms with Crippen molar-refractivity contribution in [3.8, 4) is 0 Å². The number of nitrogens with zero attached hydrogens (tertiary/aromatic N) is 1. The Balaban J connectivity index is 1.93. The van der Waals surface area contributed by atoms with Crippen LogP contribution in [0.25, 0.3) is 10.9 Å². The predicted molar refractivity (Wildman–Crippen MR) is 87.9 cm³/mol. The molecule has 1 N–H and O–H groups in total. The van der Waals surface area contributed by atoms with Gasteiger partial charge in [-0.1, -0.05) is 46.3 Å². The molecule has 0 radical (unpaired) electrons. The third-order valence-electron chi connectivity index (χ3n) is 3.37. The van der Waals surface area contributed by atoms with E-state index in [1.54, 1.807) is 0 Å². The van der Waals surface area contributed by atoms with Crippen LogP contribution in [0.4, 0.5) is 5.69 Å². The summed E-state index contributed by atoms with van der Waals surface area (Å²) in [5.74, 6) is 0. The Hall–Kier alpha value is -1.87. The number of benzene rings is 2. The fourth-order valence-electron chi connectivity index (χ4n) is 2.31. The van der Waals surface area contributed by atoms with Crippen LogP contribution in [0.3, 0.4) is 0 Å². The molecule has 1 unspecified atom stereocenters. The molecular weight excluding hydrogens is 312 g/mol. The van der Waals surface area contributed by atoms with Crippen LogP contribution >= 0.6 is 15.9 Å². The molecule has 3 aromatic rings. The second-order valence-electron chi connectivity index (χ2n) is 4.80. The monoisotopic (exact) mass is 326 g/mol. The number of halogens is 1. The third-order valence-corrected chi connectivity index (χ3v) is 3.86. The first-order valence-electron chi connectivity index (χ1n) is 6.60. The van der Waals surface area contributed by atoms with Crippen LogP contribution in [0.1, 0.15) is 18.5 Å². The summed E-state index contributed by atoms with van der Waals surface area (Å²) in [6, 6.07) is 18.8. The summed E-state index contributed by atoms with van der Waals surface area (Å²) < 4.78 is 1.10. The van der Waals surface area contributed by atoms with Crippen molar-refractivity contribution in [1.29, 1.82) is 0 Å². The van der Waals surface area contributed by atoms with E-state index in [1.165, 1.54) is 5.56 Å². The van der Waals surface area contributed by atoms with Crippen molar-refractivity contribution >= 4 is 32.5 Å². The fourth-order valence-corrected chi connectivity index (χ4v) is 2.73. The molecule has 0 fully saturated rings. The summed E-state index contributed by atoms with van der Waals surface area (Å²) in [5, 5.41) is 4.72. The molecule has 1 aromatic heterocycles. The van der Waals surface area contributed by atoms with E-state index in [9.17, 15) is 0 Å². The van der Waals surface area contributed by atoms with Gasteiger partial charge >= 0.3 is 0 Å². The molecule has 3 rings (SSSR count). The van der Waals surface area contributed by atoms with E-state index in [4.69, 9.17) is 0 Å². The van der Waals surface area contributed by atoms with Gasteiger partial charge in [0.25, 0.3) is 0 Å². The molecule has 100 valence electrons. The smallest absolute Gasteiger partial charge is 0.0722 e. The highest BCUT2D eigenvalue weighted by Crippen LogP contribution is 2.26. The van der Waals surface area contributed by atoms with E-state index < -0.39 is 0 Å². The van der Waals surface area contributed by atoms with Crippen molar-refractivity contribution in [2.45, 2.75) is 13.0 Å². The maximum absolute atomic E-state index is 4.39. The third kappa shape index (κ3) is 2.68. The molecule has 1 heterocycles. The number of para-hydroxylation sites is 1. The molecule has 0 aliphatic rings. The Morgan fingerprint density at radius 2 is 1.90 bits per heavy atom. The average Bonchev–Trinajstić information content (AvgIpc) is 2.47. The van der Waals surface area contributed by atoms with Crippen molar-refractivity contribution in [2.75, 3.05) is 5.32 Å². The molecule has 0 amide bonds. The van der Waals surface area contributed by atoms with Gasteiger partial charge in [-0.3, -0.25) is 4.98 Å². The van der Waals surface area contributed by atoms with Gasteiger partial charge in [0.15, 0.2) is 0 Å². The zero-order chi connectivity index (χ0) is 13.9. The molecule has 0 saturated carbocycles. The van der Waals surface area contributed by atoms with E-state index in [0.717, 1.165) is 21.1 Å². The average molecular weight is 327 g/mol. The molecule has 0 bridgehead atoms. The minimum Gasteiger partial charge on any atom is -0.378 e. The van der Waals surface area contributed by atoms with Gasteiger partial charge in [0, 0.05) is 27.8 Å². The number of rotatable bonds is 3. The summed E-state index contributed by atoms with van der Waals surface area (Å²) in [6.45, 7) is 2.16. The second-order valence-corrected chi connectivity index (χ2v) is 5.71. The van der Waals surface area contributed by atoms with Crippen molar-refractivity contribution in [3.05, 3.63) is 70.8 Å². The maximum atomic E-state index is 4.39. The highest BCUT2D eigenvalue weighted by molar-refractivity contribution is 9.10. The summed E-state index contributed by atoms with van der Waals surface area (Å²) in [4.78, 5) is 4.39. The summed E-state index contributed by atoms with van der Waals surface area (Å²) in [5.41, 5.74) is 3.38. The number of nitrogens with one attached hydrogen (secondary N) is 1. The van der Waals surface area contributed by atoms with Gasteiger partial charge in [0.2, 0.25) is 0 Å². The van der Waals surface area contributed by atoms with E-state index in [2.05, 4.69) is 57.4 Å². The molecule has 0 aliphatic heterocycles. The van der Waals surface area contributed by atoms with Gasteiger partial charge in [-0.25, -0.2) is 0 Å². The van der Waals surface area contributed by atoms with Crippen LogP contribution in [0.15, 0.2) is 65.3 Å². The largest absolute Gasteiger partial charge is 0.378 e. The van der Waals surface area contributed by atoms with Gasteiger partial charge in [0.1, 0.15) is 0 Å². The first-order chi connectivity index (χ1) is 9.74. The van der Waals surface area contributed by atoms with Crippen LogP contribution < -0.4 is 5.32 Å². The van der Waals surface area contributed by atoms with Crippen LogP contribution in [0.5, 0.6) is 0 Å². The lowest BCUT2D eigenvalue weighted by Gasteiger charge is -2.17. The van der Waals surface area contributed by atoms with Gasteiger partial charge in [0.05, 0.1) is 5.52 Å². The normalized spacial score (nSPS) is 12.3. The molecule has 2 aromatic carbocycles. The first-order valence-corrected chi connectivity index (χ1v) is 7.39. The molecule has 0 aliphatic carbocycles. The van der Waals surface area contributed by atoms with E-state index in [1.807, 2.05) is 36.5 Å². The SMILES string of the molecule is CC(Nc1ccnc2ccccc12)c1cccc(Br)c1. The van der Waals surface area contributed by atoms with E-state index in [0.29, 0.717) is 0 Å². The number of hydrogen-bond donors (Lipinski definition) is 1. The van der Waals surface area contributed by atoms with Crippen molar-refractivity contribution in [1.82, 2.24) is 4.98 Å². The second kappa shape index (κ2) is 5.63. The quantitative estimate of drug-likeness (QED) is 0.718. The van der Waals surface area contributed by atoms with Crippen LogP contribution in [-0.4, -0.2) is 4.98 Å². The number of aromatic nitrogens is 1. The van der Waals surface area contributed by atoms with Crippen LogP contribution in [0.2, 0.25) is 0 Å². The zero-order valence-corrected chi connectivity index (χ0v) is 12.8. The van der Waals surface area contributed by atoms with E-state index in [-0.39, 0.29) is 6.04 Å². The lowest BCUT2D eigenvalue weighted by molar-refractivity contribution is 0.885. The summed E-state index contributed by atoms with van der Waals surface area (Å²) in [7, 11) is 0. The molecule has 3 heteroatoms. The number of anilines is 1. The van der Waals surface area contributed by atoms with E-state index >= 15 is 0 Å². The van der Waals surface area contributed by atoms with Crippen LogP contribution in [-0.2, 0) is 0 Å². The Kier molecular flexibility index (Phi) is 3.70. The Bertz CT molecular complexity index is 734. The standard InChI is InChI=1S/C17H15BrN2/c1-12(13-5-4-6-14(18)11-13)20-17-9-10-19-16-8-3-2-7-15(16)17/h2-12H,1H3,(H,19,20). The van der Waals surface area contributed by atoms with Gasteiger partial charge < -0.3 is 5.32 Å². The predicted octanol–water partition coefficient (Wildman–Crippen LogP) is 5.17. The number of hydrogen-bond acceptors (Lipinski definition) is 2. The Morgan fingerprint density at radius 3 is 2.75 bits per heavy atom. The minimum atomic E-state index is 0.235. The summed E-state index contributed by atoms with van der Waals surface area (Å²) >= 11 is 3.52.